The van der Waals surface area contributed by atoms with Crippen molar-refractivity contribution in [1.82, 2.24) is 14.7 Å². The highest BCUT2D eigenvalue weighted by Gasteiger charge is 2.35. The lowest BCUT2D eigenvalue weighted by Gasteiger charge is -2.45. The lowest BCUT2D eigenvalue weighted by Crippen LogP contribution is -2.53. The second-order valence-corrected chi connectivity index (χ2v) is 7.76. The molecular weight excluding hydrogens is 340 g/mol. The van der Waals surface area contributed by atoms with Crippen LogP contribution in [0.5, 0.6) is 0 Å². The predicted octanol–water partition coefficient (Wildman–Crippen LogP) is 2.79. The summed E-state index contributed by atoms with van der Waals surface area (Å²) in [7, 11) is 0. The molecule has 7 nitrogen and oxygen atoms in total. The van der Waals surface area contributed by atoms with Gasteiger partial charge in [0.1, 0.15) is 5.56 Å². The van der Waals surface area contributed by atoms with Crippen molar-refractivity contribution < 1.29 is 4.79 Å². The van der Waals surface area contributed by atoms with E-state index < -0.39 is 5.91 Å². The fourth-order valence-corrected chi connectivity index (χ4v) is 4.15. The third kappa shape index (κ3) is 3.60. The van der Waals surface area contributed by atoms with E-state index in [1.54, 1.807) is 10.9 Å². The van der Waals surface area contributed by atoms with E-state index in [0.29, 0.717) is 23.1 Å². The fourth-order valence-electron chi connectivity index (χ4n) is 4.15. The number of aromatic nitrogens is 2. The molecule has 0 bridgehead atoms. The topological polar surface area (TPSA) is 100 Å². The Morgan fingerprint density at radius 3 is 2.63 bits per heavy atom. The van der Waals surface area contributed by atoms with Gasteiger partial charge in [0.15, 0.2) is 5.82 Å². The van der Waals surface area contributed by atoms with Crippen LogP contribution in [0.2, 0.25) is 0 Å². The highest BCUT2D eigenvalue weighted by atomic mass is 16.1. The summed E-state index contributed by atoms with van der Waals surface area (Å²) in [5.41, 5.74) is 7.43. The van der Waals surface area contributed by atoms with Gasteiger partial charge in [0, 0.05) is 43.1 Å². The lowest BCUT2D eigenvalue weighted by molar-refractivity contribution is 0.0541. The first-order chi connectivity index (χ1) is 13.0. The zero-order valence-electron chi connectivity index (χ0n) is 15.6. The standard InChI is InChI=1S/C20H26N6O/c1-13-10-25(11-13)15-7-8-18(17(21)9-15)26-12-16(19(22)27)20(24-26)23-14-5-3-2-4-6-14/h2-6,12-13,15,18,21H,7-11H2,1H3,(H2,22,27)(H,23,24)/t15-,18-/m0/s1. The zero-order chi connectivity index (χ0) is 19.0. The Labute approximate surface area is 159 Å². The molecule has 1 saturated heterocycles. The molecule has 4 N–H and O–H groups in total. The largest absolute Gasteiger partial charge is 0.365 e. The van der Waals surface area contributed by atoms with Crippen molar-refractivity contribution in [1.29, 1.82) is 5.41 Å². The maximum Gasteiger partial charge on any atom is 0.254 e. The summed E-state index contributed by atoms with van der Waals surface area (Å²) in [5, 5.41) is 16.3. The van der Waals surface area contributed by atoms with Gasteiger partial charge in [-0.2, -0.15) is 5.10 Å². The second kappa shape index (κ2) is 7.15. The molecular formula is C20H26N6O. The van der Waals surface area contributed by atoms with Crippen molar-refractivity contribution >= 4 is 23.1 Å². The number of para-hydroxylation sites is 1. The van der Waals surface area contributed by atoms with Crippen molar-refractivity contribution in [3.05, 3.63) is 42.1 Å². The smallest absolute Gasteiger partial charge is 0.254 e. The summed E-state index contributed by atoms with van der Waals surface area (Å²) in [5.74, 6) is 0.697. The van der Waals surface area contributed by atoms with E-state index in [4.69, 9.17) is 11.1 Å². The van der Waals surface area contributed by atoms with Gasteiger partial charge in [-0.25, -0.2) is 0 Å². The number of rotatable bonds is 5. The third-order valence-electron chi connectivity index (χ3n) is 5.59. The van der Waals surface area contributed by atoms with Gasteiger partial charge in [0.2, 0.25) is 0 Å². The molecule has 2 fully saturated rings. The number of likely N-dealkylation sites (tertiary alicyclic amines) is 1. The van der Waals surface area contributed by atoms with E-state index in [9.17, 15) is 4.79 Å². The number of nitrogens with two attached hydrogens (primary N) is 1. The number of hydrogen-bond donors (Lipinski definition) is 3. The van der Waals surface area contributed by atoms with Crippen LogP contribution in [0.25, 0.3) is 0 Å². The van der Waals surface area contributed by atoms with Gasteiger partial charge in [-0.05, 0) is 30.9 Å². The molecule has 2 heterocycles. The molecule has 0 spiro atoms. The van der Waals surface area contributed by atoms with Crippen LogP contribution in [0.15, 0.2) is 36.5 Å². The minimum Gasteiger partial charge on any atom is -0.365 e. The second-order valence-electron chi connectivity index (χ2n) is 7.76. The fraction of sp³-hybridized carbons (Fsp3) is 0.450. The maximum atomic E-state index is 11.9. The Balaban J connectivity index is 1.51. The summed E-state index contributed by atoms with van der Waals surface area (Å²) in [6.45, 7) is 4.55. The van der Waals surface area contributed by atoms with E-state index in [2.05, 4.69) is 22.2 Å². The molecule has 1 aliphatic carbocycles. The van der Waals surface area contributed by atoms with Gasteiger partial charge < -0.3 is 16.5 Å². The Hall–Kier alpha value is -2.67. The Morgan fingerprint density at radius 2 is 2.00 bits per heavy atom. The van der Waals surface area contributed by atoms with Gasteiger partial charge >= 0.3 is 0 Å². The molecule has 2 aliphatic rings. The molecule has 1 aromatic heterocycles. The first-order valence-corrected chi connectivity index (χ1v) is 9.53. The molecule has 2 atom stereocenters. The van der Waals surface area contributed by atoms with Crippen molar-refractivity contribution in [3.63, 3.8) is 0 Å². The average Bonchev–Trinajstić information content (AvgIpc) is 3.03. The first-order valence-electron chi connectivity index (χ1n) is 9.53. The first kappa shape index (κ1) is 17.7. The van der Waals surface area contributed by atoms with E-state index in [-0.39, 0.29) is 6.04 Å². The van der Waals surface area contributed by atoms with Crippen LogP contribution in [0, 0.1) is 11.3 Å². The quantitative estimate of drug-likeness (QED) is 0.757. The van der Waals surface area contributed by atoms with Gasteiger partial charge in [-0.1, -0.05) is 25.1 Å². The molecule has 1 aromatic carbocycles. The van der Waals surface area contributed by atoms with Gasteiger partial charge in [-0.15, -0.1) is 0 Å². The Morgan fingerprint density at radius 1 is 1.26 bits per heavy atom. The molecule has 0 radical (unpaired) electrons. The summed E-state index contributed by atoms with van der Waals surface area (Å²) < 4.78 is 1.74. The van der Waals surface area contributed by atoms with Crippen LogP contribution in [0.1, 0.15) is 42.6 Å². The van der Waals surface area contributed by atoms with Gasteiger partial charge in [-0.3, -0.25) is 14.4 Å². The number of benzene rings is 1. The van der Waals surface area contributed by atoms with E-state index >= 15 is 0 Å². The van der Waals surface area contributed by atoms with Crippen molar-refractivity contribution in [2.45, 2.75) is 38.3 Å². The maximum absolute atomic E-state index is 11.9. The molecule has 142 valence electrons. The molecule has 2 aromatic rings. The minimum atomic E-state index is -0.519. The number of anilines is 2. The van der Waals surface area contributed by atoms with E-state index in [1.807, 2.05) is 30.3 Å². The van der Waals surface area contributed by atoms with Crippen LogP contribution in [-0.2, 0) is 0 Å². The normalized spacial score (nSPS) is 23.8. The molecule has 4 rings (SSSR count). The molecule has 1 saturated carbocycles. The molecule has 1 amide bonds. The number of hydrogen-bond acceptors (Lipinski definition) is 5. The van der Waals surface area contributed by atoms with Crippen LogP contribution < -0.4 is 11.1 Å². The van der Waals surface area contributed by atoms with Crippen LogP contribution in [0.3, 0.4) is 0 Å². The number of carbonyl (C=O) groups is 1. The number of primary amides is 1. The Kier molecular flexibility index (Phi) is 4.70. The minimum absolute atomic E-state index is 0.107. The third-order valence-corrected chi connectivity index (χ3v) is 5.59. The number of carbonyl (C=O) groups excluding carboxylic acids is 1. The monoisotopic (exact) mass is 366 g/mol. The summed E-state index contributed by atoms with van der Waals surface area (Å²) in [6, 6.07) is 9.93. The van der Waals surface area contributed by atoms with Crippen LogP contribution >= 0.6 is 0 Å². The SMILES string of the molecule is CC1CN([C@H]2CC[C@H](n3cc(C(N)=O)c(Nc4ccccc4)n3)C(=N)C2)C1. The van der Waals surface area contributed by atoms with Crippen LogP contribution in [-0.4, -0.2) is 45.4 Å². The highest BCUT2D eigenvalue weighted by Crippen LogP contribution is 2.33. The van der Waals surface area contributed by atoms with Gasteiger partial charge in [0.05, 0.1) is 6.04 Å². The predicted molar refractivity (Wildman–Crippen MR) is 106 cm³/mol. The zero-order valence-corrected chi connectivity index (χ0v) is 15.6. The van der Waals surface area contributed by atoms with E-state index in [1.165, 1.54) is 0 Å². The van der Waals surface area contributed by atoms with Crippen LogP contribution in [0.4, 0.5) is 11.5 Å². The average molecular weight is 366 g/mol. The molecule has 7 heteroatoms. The lowest BCUT2D eigenvalue weighted by atomic mass is 9.85. The van der Waals surface area contributed by atoms with Crippen molar-refractivity contribution in [2.75, 3.05) is 18.4 Å². The van der Waals surface area contributed by atoms with E-state index in [0.717, 1.165) is 44.0 Å². The van der Waals surface area contributed by atoms with Gasteiger partial charge in [0.25, 0.3) is 5.91 Å². The molecule has 1 aliphatic heterocycles. The molecule has 0 unspecified atom stereocenters. The Bertz CT molecular complexity index is 839. The summed E-state index contributed by atoms with van der Waals surface area (Å²) in [4.78, 5) is 14.4. The number of amides is 1. The highest BCUT2D eigenvalue weighted by molar-refractivity contribution is 5.98. The number of nitrogens with one attached hydrogen (secondary N) is 2. The summed E-state index contributed by atoms with van der Waals surface area (Å²) >= 11 is 0. The summed E-state index contributed by atoms with van der Waals surface area (Å²) in [6.07, 6.45) is 4.36. The van der Waals surface area contributed by atoms with Crippen molar-refractivity contribution in [2.24, 2.45) is 11.7 Å². The molecule has 27 heavy (non-hydrogen) atoms. The van der Waals surface area contributed by atoms with Crippen molar-refractivity contribution in [3.8, 4) is 0 Å². The number of nitrogens with zero attached hydrogens (tertiary/aromatic N) is 3.